The minimum absolute atomic E-state index is 0.0822. The number of fused-ring (bicyclic) bond motifs is 1. The number of ether oxygens (including phenoxy) is 1. The van der Waals surface area contributed by atoms with Crippen LogP contribution in [0.1, 0.15) is 70.2 Å². The Morgan fingerprint density at radius 3 is 2.91 bits per heavy atom. The first-order valence-electron chi connectivity index (χ1n) is 12.0. The summed E-state index contributed by atoms with van der Waals surface area (Å²) in [5, 5.41) is 17.9. The first-order chi connectivity index (χ1) is 16.6. The van der Waals surface area contributed by atoms with Gasteiger partial charge >= 0.3 is 6.09 Å². The molecule has 12 heteroatoms. The van der Waals surface area contributed by atoms with Crippen molar-refractivity contribution in [3.63, 3.8) is 0 Å². The molecule has 2 saturated carbocycles. The zero-order valence-electron chi connectivity index (χ0n) is 20.2. The molecule has 2 aliphatic rings. The van der Waals surface area contributed by atoms with Crippen molar-refractivity contribution in [3.8, 4) is 0 Å². The fourth-order valence-corrected chi connectivity index (χ4v) is 5.24. The van der Waals surface area contributed by atoms with Crippen LogP contribution < -0.4 is 10.6 Å². The van der Waals surface area contributed by atoms with Crippen LogP contribution >= 0.6 is 0 Å². The van der Waals surface area contributed by atoms with Crippen molar-refractivity contribution < 1.29 is 13.7 Å². The van der Waals surface area contributed by atoms with E-state index in [-0.39, 0.29) is 34.7 Å². The molecule has 0 bridgehead atoms. The zero-order chi connectivity index (χ0) is 24.8. The molecule has 0 aromatic carbocycles. The Hall–Kier alpha value is -3.15. The summed E-state index contributed by atoms with van der Waals surface area (Å²) in [5.41, 5.74) is 2.21. The smallest absolute Gasteiger partial charge is 0.407 e. The Labute approximate surface area is 204 Å². The lowest BCUT2D eigenvalue weighted by molar-refractivity contribution is 0.0967. The minimum atomic E-state index is -2.76. The fourth-order valence-electron chi connectivity index (χ4n) is 4.33. The van der Waals surface area contributed by atoms with Crippen LogP contribution in [0.15, 0.2) is 24.5 Å². The predicted octanol–water partition coefficient (Wildman–Crippen LogP) is 4.07. The van der Waals surface area contributed by atoms with Gasteiger partial charge in [-0.1, -0.05) is 13.8 Å². The number of carbonyl (C=O) groups excluding carboxylic acids is 1. The molecule has 11 nitrogen and oxygen atoms in total. The molecular formula is C23H32N8O3S. The van der Waals surface area contributed by atoms with Crippen LogP contribution in [0.2, 0.25) is 0 Å². The van der Waals surface area contributed by atoms with Crippen molar-refractivity contribution in [1.82, 2.24) is 30.1 Å². The highest BCUT2D eigenvalue weighted by molar-refractivity contribution is 7.92. The number of alkyl carbamates (subject to hydrolysis) is 1. The molecule has 0 saturated heterocycles. The number of nitrogens with zero attached hydrogens (tertiary/aromatic N) is 4. The topological polar surface area (TPSA) is 150 Å². The highest BCUT2D eigenvalue weighted by atomic mass is 32.2. The summed E-state index contributed by atoms with van der Waals surface area (Å²) in [7, 11) is -2.76. The number of aromatic amines is 1. The molecule has 4 N–H and O–H groups in total. The van der Waals surface area contributed by atoms with Crippen molar-refractivity contribution in [1.29, 1.82) is 4.78 Å². The van der Waals surface area contributed by atoms with Crippen LogP contribution in [-0.4, -0.2) is 52.0 Å². The Morgan fingerprint density at radius 2 is 2.17 bits per heavy atom. The molecule has 3 heterocycles. The molecule has 3 aromatic rings. The Bertz CT molecular complexity index is 1340. The van der Waals surface area contributed by atoms with E-state index >= 15 is 0 Å². The molecule has 5 rings (SSSR count). The number of aromatic nitrogens is 5. The number of carbonyl (C=O) groups is 1. The molecular weight excluding hydrogens is 468 g/mol. The minimum Gasteiger partial charge on any atom is -0.446 e. The van der Waals surface area contributed by atoms with Crippen LogP contribution in [-0.2, 0) is 20.2 Å². The Morgan fingerprint density at radius 1 is 1.37 bits per heavy atom. The number of hydrogen-bond acceptors (Lipinski definition) is 8. The summed E-state index contributed by atoms with van der Waals surface area (Å²) < 4.78 is 27.9. The quantitative estimate of drug-likeness (QED) is 0.364. The van der Waals surface area contributed by atoms with Crippen molar-refractivity contribution in [3.05, 3.63) is 35.9 Å². The number of H-pyrrole nitrogens is 1. The van der Waals surface area contributed by atoms with Gasteiger partial charge in [0.2, 0.25) is 0 Å². The fraction of sp³-hybridized carbons (Fsp3) is 0.565. The van der Waals surface area contributed by atoms with E-state index in [9.17, 15) is 9.00 Å². The van der Waals surface area contributed by atoms with E-state index in [1.165, 1.54) is 0 Å². The highest BCUT2D eigenvalue weighted by Crippen LogP contribution is 2.37. The van der Waals surface area contributed by atoms with E-state index in [2.05, 4.69) is 30.9 Å². The van der Waals surface area contributed by atoms with E-state index in [0.717, 1.165) is 43.3 Å². The third-order valence-electron chi connectivity index (χ3n) is 6.91. The van der Waals surface area contributed by atoms with Crippen LogP contribution in [0.3, 0.4) is 0 Å². The van der Waals surface area contributed by atoms with Crippen LogP contribution in [0, 0.1) is 4.78 Å². The van der Waals surface area contributed by atoms with Gasteiger partial charge in [0.25, 0.3) is 0 Å². The lowest BCUT2D eigenvalue weighted by atomic mass is 10.0. The second kappa shape index (κ2) is 8.81. The molecule has 1 amide bonds. The van der Waals surface area contributed by atoms with Gasteiger partial charge in [0.05, 0.1) is 21.2 Å². The highest BCUT2D eigenvalue weighted by Gasteiger charge is 2.40. The molecule has 188 valence electrons. The van der Waals surface area contributed by atoms with Crippen LogP contribution in [0.25, 0.3) is 5.52 Å². The second-order valence-electron chi connectivity index (χ2n) is 10.2. The van der Waals surface area contributed by atoms with Gasteiger partial charge in [-0.3, -0.25) is 9.88 Å². The van der Waals surface area contributed by atoms with Crippen LogP contribution in [0.5, 0.6) is 0 Å². The maximum Gasteiger partial charge on any atom is 0.407 e. The van der Waals surface area contributed by atoms with Crippen molar-refractivity contribution in [2.75, 3.05) is 5.32 Å². The molecule has 2 fully saturated rings. The second-order valence-corrected chi connectivity index (χ2v) is 12.9. The monoisotopic (exact) mass is 500 g/mol. The molecule has 2 aliphatic carbocycles. The van der Waals surface area contributed by atoms with Gasteiger partial charge in [0.1, 0.15) is 11.6 Å². The van der Waals surface area contributed by atoms with Crippen LogP contribution in [0.4, 0.5) is 16.4 Å². The molecule has 3 aromatic heterocycles. The van der Waals surface area contributed by atoms with Crippen molar-refractivity contribution in [2.45, 2.75) is 81.4 Å². The van der Waals surface area contributed by atoms with Gasteiger partial charge in [0.15, 0.2) is 11.6 Å². The largest absolute Gasteiger partial charge is 0.446 e. The molecule has 35 heavy (non-hydrogen) atoms. The van der Waals surface area contributed by atoms with Gasteiger partial charge < -0.3 is 15.4 Å². The van der Waals surface area contributed by atoms with Gasteiger partial charge in [-0.15, -0.1) is 0 Å². The number of rotatable bonds is 8. The Balaban J connectivity index is 1.23. The van der Waals surface area contributed by atoms with Crippen molar-refractivity contribution in [2.24, 2.45) is 0 Å². The lowest BCUT2D eigenvalue weighted by Gasteiger charge is -2.16. The van der Waals surface area contributed by atoms with Gasteiger partial charge in [0, 0.05) is 40.9 Å². The normalized spacial score (nSPS) is 22.7. The van der Waals surface area contributed by atoms with E-state index in [4.69, 9.17) is 9.52 Å². The summed E-state index contributed by atoms with van der Waals surface area (Å²) in [5.74, 6) is 1.53. The molecule has 0 aliphatic heterocycles. The summed E-state index contributed by atoms with van der Waals surface area (Å²) in [6.45, 7) is 5.61. The standard InChI is InChI=1S/C23H32N8O3S/c1-14(2)35(24,33)13-16-11-19-21(25-8-9-31(19)30-16)26-20-12-18(28-29-20)15-4-5-17(10-15)34-22(32)27-23(3)6-7-23/h8-9,11-12,14-15,17,24H,4-7,10,13H2,1-3H3,(H,27,32)(H2,25,26,28,29)/t15-,17+,35?/m0/s1. The average Bonchev–Trinajstić information content (AvgIpc) is 3.20. The first kappa shape index (κ1) is 23.6. The number of hydrogen-bond donors (Lipinski definition) is 4. The number of amides is 1. The average molecular weight is 501 g/mol. The summed E-state index contributed by atoms with van der Waals surface area (Å²) >= 11 is 0. The summed E-state index contributed by atoms with van der Waals surface area (Å²) in [6, 6.07) is 3.77. The maximum atomic E-state index is 12.5. The molecule has 0 radical (unpaired) electrons. The third-order valence-corrected chi connectivity index (χ3v) is 9.16. The molecule has 1 unspecified atom stereocenters. The maximum absolute atomic E-state index is 12.5. The van der Waals surface area contributed by atoms with Gasteiger partial charge in [-0.25, -0.2) is 18.5 Å². The van der Waals surface area contributed by atoms with E-state index in [1.807, 2.05) is 19.1 Å². The lowest BCUT2D eigenvalue weighted by Crippen LogP contribution is -2.36. The third kappa shape index (κ3) is 5.26. The van der Waals surface area contributed by atoms with E-state index in [0.29, 0.717) is 17.3 Å². The molecule has 3 atom stereocenters. The summed E-state index contributed by atoms with van der Waals surface area (Å²) in [6.07, 6.45) is 7.44. The van der Waals surface area contributed by atoms with E-state index in [1.54, 1.807) is 30.8 Å². The van der Waals surface area contributed by atoms with Gasteiger partial charge in [-0.2, -0.15) is 10.2 Å². The van der Waals surface area contributed by atoms with Gasteiger partial charge in [-0.05, 0) is 45.1 Å². The first-order valence-corrected chi connectivity index (χ1v) is 13.8. The molecule has 0 spiro atoms. The SMILES string of the molecule is CC(C)S(=N)(=O)Cc1cc2c(Nc3cc([C@H]4CC[C@@H](OC(=O)NC5(C)CC5)C4)[nH]n3)nccn2n1. The zero-order valence-corrected chi connectivity index (χ0v) is 21.0. The summed E-state index contributed by atoms with van der Waals surface area (Å²) in [4.78, 5) is 16.5. The predicted molar refractivity (Wildman–Crippen MR) is 132 cm³/mol. The number of anilines is 2. The van der Waals surface area contributed by atoms with Crippen molar-refractivity contribution >= 4 is 33.0 Å². The number of nitrogens with one attached hydrogen (secondary N) is 4. The Kier molecular flexibility index (Phi) is 5.94. The van der Waals surface area contributed by atoms with E-state index < -0.39 is 9.73 Å².